The van der Waals surface area contributed by atoms with E-state index in [9.17, 15) is 13.2 Å². The molecule has 0 atom stereocenters. The van der Waals surface area contributed by atoms with Crippen molar-refractivity contribution in [1.82, 2.24) is 0 Å². The molecule has 0 aliphatic rings. The molecule has 0 bridgehead atoms. The largest absolute Gasteiger partial charge is 0.497 e. The van der Waals surface area contributed by atoms with Gasteiger partial charge in [0.05, 0.1) is 24.8 Å². The molecule has 9 heteroatoms. The third-order valence-electron chi connectivity index (χ3n) is 4.21. The smallest absolute Gasteiger partial charge is 0.262 e. The number of para-hydroxylation sites is 1. The van der Waals surface area contributed by atoms with E-state index in [2.05, 4.69) is 10.0 Å². The second-order valence-corrected chi connectivity index (χ2v) is 8.03. The lowest BCUT2D eigenvalue weighted by Gasteiger charge is -2.13. The molecule has 0 heterocycles. The Morgan fingerprint density at radius 3 is 2.23 bits per heavy atom. The van der Waals surface area contributed by atoms with Crippen LogP contribution in [-0.4, -0.2) is 35.2 Å². The van der Waals surface area contributed by atoms with Crippen LogP contribution in [0, 0.1) is 0 Å². The summed E-state index contributed by atoms with van der Waals surface area (Å²) < 4.78 is 43.7. The third-order valence-corrected chi connectivity index (χ3v) is 5.59. The summed E-state index contributed by atoms with van der Waals surface area (Å²) in [6.07, 6.45) is 0. The number of anilines is 2. The second-order valence-electron chi connectivity index (χ2n) is 6.35. The van der Waals surface area contributed by atoms with Gasteiger partial charge in [0.25, 0.3) is 15.9 Å². The molecule has 3 aromatic carbocycles. The summed E-state index contributed by atoms with van der Waals surface area (Å²) in [4.78, 5) is 12.1. The lowest BCUT2D eigenvalue weighted by molar-refractivity contribution is -0.118. The Hall–Kier alpha value is -3.72. The van der Waals surface area contributed by atoms with Gasteiger partial charge in [0.2, 0.25) is 0 Å². The number of amides is 1. The first-order valence-corrected chi connectivity index (χ1v) is 10.7. The molecule has 3 rings (SSSR count). The highest BCUT2D eigenvalue weighted by Crippen LogP contribution is 2.31. The van der Waals surface area contributed by atoms with Crippen molar-refractivity contribution in [3.8, 4) is 17.2 Å². The van der Waals surface area contributed by atoms with Crippen molar-refractivity contribution in [2.24, 2.45) is 0 Å². The Balaban J connectivity index is 1.65. The van der Waals surface area contributed by atoms with Crippen LogP contribution < -0.4 is 24.2 Å². The summed E-state index contributed by atoms with van der Waals surface area (Å²) in [6.45, 7) is -0.165. The summed E-state index contributed by atoms with van der Waals surface area (Å²) in [5.74, 6) is 1.05. The number of rotatable bonds is 9. The summed E-state index contributed by atoms with van der Waals surface area (Å²) in [5, 5.41) is 2.66. The van der Waals surface area contributed by atoms with Crippen LogP contribution in [0.25, 0.3) is 0 Å². The minimum atomic E-state index is -3.89. The standard InChI is InChI=1S/C22H22N2O6S/c1-28-18-10-13-21(29-2)20(14-18)24-31(26,27)19-11-8-16(9-12-19)23-22(25)15-30-17-6-4-3-5-7-17/h3-14,24H,15H2,1-2H3,(H,23,25). The minimum Gasteiger partial charge on any atom is -0.497 e. The molecular formula is C22H22N2O6S. The minimum absolute atomic E-state index is 0.0240. The molecule has 0 fully saturated rings. The summed E-state index contributed by atoms with van der Waals surface area (Å²) in [6, 6.07) is 19.5. The van der Waals surface area contributed by atoms with Gasteiger partial charge < -0.3 is 19.5 Å². The SMILES string of the molecule is COc1ccc(OC)c(NS(=O)(=O)c2ccc(NC(=O)COc3ccccc3)cc2)c1. The highest BCUT2D eigenvalue weighted by Gasteiger charge is 2.17. The Morgan fingerprint density at radius 2 is 1.58 bits per heavy atom. The molecular weight excluding hydrogens is 420 g/mol. The topological polar surface area (TPSA) is 103 Å². The molecule has 0 radical (unpaired) electrons. The number of nitrogens with one attached hydrogen (secondary N) is 2. The summed E-state index contributed by atoms with van der Waals surface area (Å²) in [7, 11) is -0.958. The molecule has 162 valence electrons. The average Bonchev–Trinajstić information content (AvgIpc) is 2.78. The van der Waals surface area contributed by atoms with E-state index < -0.39 is 10.0 Å². The van der Waals surface area contributed by atoms with Gasteiger partial charge in [-0.2, -0.15) is 0 Å². The van der Waals surface area contributed by atoms with Gasteiger partial charge in [0.15, 0.2) is 6.61 Å². The van der Waals surface area contributed by atoms with E-state index in [0.29, 0.717) is 22.9 Å². The Bertz CT molecular complexity index is 1130. The summed E-state index contributed by atoms with van der Waals surface area (Å²) >= 11 is 0. The van der Waals surface area contributed by atoms with Crippen molar-refractivity contribution < 1.29 is 27.4 Å². The molecule has 31 heavy (non-hydrogen) atoms. The van der Waals surface area contributed by atoms with Crippen LogP contribution in [0.4, 0.5) is 11.4 Å². The van der Waals surface area contributed by atoms with Crippen molar-refractivity contribution in [2.45, 2.75) is 4.90 Å². The van der Waals surface area contributed by atoms with E-state index in [1.165, 1.54) is 44.6 Å². The lowest BCUT2D eigenvalue weighted by Crippen LogP contribution is -2.20. The molecule has 0 aliphatic heterocycles. The molecule has 0 saturated carbocycles. The van der Waals surface area contributed by atoms with E-state index in [0.717, 1.165) is 0 Å². The first kappa shape index (κ1) is 22.0. The molecule has 0 saturated heterocycles. The van der Waals surface area contributed by atoms with Gasteiger partial charge in [-0.3, -0.25) is 9.52 Å². The van der Waals surface area contributed by atoms with Gasteiger partial charge in [0.1, 0.15) is 17.2 Å². The van der Waals surface area contributed by atoms with Crippen molar-refractivity contribution in [3.63, 3.8) is 0 Å². The van der Waals surface area contributed by atoms with Crippen LogP contribution in [-0.2, 0) is 14.8 Å². The molecule has 8 nitrogen and oxygen atoms in total. The Labute approximate surface area is 180 Å². The molecule has 2 N–H and O–H groups in total. The number of hydrogen-bond acceptors (Lipinski definition) is 6. The van der Waals surface area contributed by atoms with E-state index in [1.54, 1.807) is 24.3 Å². The van der Waals surface area contributed by atoms with Crippen LogP contribution >= 0.6 is 0 Å². The van der Waals surface area contributed by atoms with Crippen LogP contribution in [0.15, 0.2) is 77.7 Å². The van der Waals surface area contributed by atoms with Gasteiger partial charge in [-0.1, -0.05) is 18.2 Å². The number of sulfonamides is 1. The van der Waals surface area contributed by atoms with Gasteiger partial charge >= 0.3 is 0 Å². The highest BCUT2D eigenvalue weighted by molar-refractivity contribution is 7.92. The molecule has 3 aromatic rings. The maximum Gasteiger partial charge on any atom is 0.262 e. The number of carbonyl (C=O) groups excluding carboxylic acids is 1. The highest BCUT2D eigenvalue weighted by atomic mass is 32.2. The zero-order valence-electron chi connectivity index (χ0n) is 17.0. The normalized spacial score (nSPS) is 10.8. The molecule has 0 unspecified atom stereocenters. The number of methoxy groups -OCH3 is 2. The maximum atomic E-state index is 12.7. The fourth-order valence-corrected chi connectivity index (χ4v) is 3.74. The van der Waals surface area contributed by atoms with Crippen molar-refractivity contribution in [2.75, 3.05) is 30.9 Å². The summed E-state index contributed by atoms with van der Waals surface area (Å²) in [5.41, 5.74) is 0.692. The predicted molar refractivity (Wildman–Crippen MR) is 117 cm³/mol. The molecule has 0 aliphatic carbocycles. The Morgan fingerprint density at radius 1 is 0.871 bits per heavy atom. The molecule has 0 spiro atoms. The monoisotopic (exact) mass is 442 g/mol. The fraction of sp³-hybridized carbons (Fsp3) is 0.136. The first-order chi connectivity index (χ1) is 14.9. The fourth-order valence-electron chi connectivity index (χ4n) is 2.68. The van der Waals surface area contributed by atoms with Crippen LogP contribution in [0.1, 0.15) is 0 Å². The quantitative estimate of drug-likeness (QED) is 0.526. The number of hydrogen-bond donors (Lipinski definition) is 2. The van der Waals surface area contributed by atoms with E-state index in [-0.39, 0.29) is 23.1 Å². The van der Waals surface area contributed by atoms with Gasteiger partial charge in [-0.15, -0.1) is 0 Å². The van der Waals surface area contributed by atoms with Crippen molar-refractivity contribution >= 4 is 27.3 Å². The van der Waals surface area contributed by atoms with E-state index in [1.807, 2.05) is 18.2 Å². The van der Waals surface area contributed by atoms with Crippen molar-refractivity contribution in [1.29, 1.82) is 0 Å². The van der Waals surface area contributed by atoms with Gasteiger partial charge in [0, 0.05) is 11.8 Å². The Kier molecular flexibility index (Phi) is 6.99. The number of benzene rings is 3. The van der Waals surface area contributed by atoms with Crippen LogP contribution in [0.5, 0.6) is 17.2 Å². The first-order valence-electron chi connectivity index (χ1n) is 9.24. The lowest BCUT2D eigenvalue weighted by atomic mass is 10.3. The zero-order valence-corrected chi connectivity index (χ0v) is 17.8. The number of carbonyl (C=O) groups is 1. The van der Waals surface area contributed by atoms with Crippen LogP contribution in [0.3, 0.4) is 0 Å². The van der Waals surface area contributed by atoms with Crippen molar-refractivity contribution in [3.05, 3.63) is 72.8 Å². The molecule has 0 aromatic heterocycles. The third kappa shape index (κ3) is 5.89. The van der Waals surface area contributed by atoms with Gasteiger partial charge in [-0.25, -0.2) is 8.42 Å². The van der Waals surface area contributed by atoms with E-state index >= 15 is 0 Å². The average molecular weight is 442 g/mol. The molecule has 1 amide bonds. The number of ether oxygens (including phenoxy) is 3. The van der Waals surface area contributed by atoms with Crippen LogP contribution in [0.2, 0.25) is 0 Å². The second kappa shape index (κ2) is 9.86. The predicted octanol–water partition coefficient (Wildman–Crippen LogP) is 3.52. The maximum absolute atomic E-state index is 12.7. The van der Waals surface area contributed by atoms with Gasteiger partial charge in [-0.05, 0) is 48.5 Å². The van der Waals surface area contributed by atoms with E-state index in [4.69, 9.17) is 14.2 Å². The zero-order chi connectivity index (χ0) is 22.3.